The van der Waals surface area contributed by atoms with Crippen molar-refractivity contribution in [3.8, 4) is 5.75 Å². The van der Waals surface area contributed by atoms with Gasteiger partial charge < -0.3 is 9.84 Å². The van der Waals surface area contributed by atoms with E-state index in [2.05, 4.69) is 15.9 Å². The van der Waals surface area contributed by atoms with Gasteiger partial charge in [0.05, 0.1) is 0 Å². The molecular formula is C9H11BrO2. The largest absolute Gasteiger partial charge is 0.463 e. The molecule has 0 atom stereocenters. The molecule has 0 heterocycles. The van der Waals surface area contributed by atoms with Crippen LogP contribution in [-0.4, -0.2) is 10.9 Å². The molecule has 12 heavy (non-hydrogen) atoms. The molecule has 0 saturated heterocycles. The van der Waals surface area contributed by atoms with Crippen LogP contribution in [-0.2, 0) is 0 Å². The summed E-state index contributed by atoms with van der Waals surface area (Å²) < 4.78 is 6.18. The Morgan fingerprint density at radius 3 is 2.17 bits per heavy atom. The van der Waals surface area contributed by atoms with Crippen LogP contribution in [0.15, 0.2) is 28.7 Å². The van der Waals surface area contributed by atoms with Gasteiger partial charge in [0.1, 0.15) is 5.75 Å². The standard InChI is InChI=1S/C9H11BrO2/c1-9(2,11)12-8-5-3-7(10)4-6-8/h3-6,11H,1-2H3. The summed E-state index contributed by atoms with van der Waals surface area (Å²) >= 11 is 3.31. The highest BCUT2D eigenvalue weighted by Crippen LogP contribution is 2.19. The van der Waals surface area contributed by atoms with Crippen molar-refractivity contribution in [1.29, 1.82) is 0 Å². The monoisotopic (exact) mass is 230 g/mol. The summed E-state index contributed by atoms with van der Waals surface area (Å²) in [6, 6.07) is 7.31. The highest BCUT2D eigenvalue weighted by Gasteiger charge is 2.13. The topological polar surface area (TPSA) is 29.5 Å². The fraction of sp³-hybridized carbons (Fsp3) is 0.333. The van der Waals surface area contributed by atoms with Crippen molar-refractivity contribution in [1.82, 2.24) is 0 Å². The molecule has 0 radical (unpaired) electrons. The van der Waals surface area contributed by atoms with Gasteiger partial charge in [0, 0.05) is 18.3 Å². The van der Waals surface area contributed by atoms with E-state index in [9.17, 15) is 5.11 Å². The first-order valence-electron chi connectivity index (χ1n) is 3.64. The molecule has 0 saturated carbocycles. The third kappa shape index (κ3) is 3.24. The van der Waals surface area contributed by atoms with Crippen molar-refractivity contribution in [2.24, 2.45) is 0 Å². The van der Waals surface area contributed by atoms with E-state index in [1.807, 2.05) is 12.1 Å². The molecule has 0 aromatic heterocycles. The van der Waals surface area contributed by atoms with Crippen LogP contribution in [0.4, 0.5) is 0 Å². The Kier molecular flexibility index (Phi) is 2.75. The number of benzene rings is 1. The smallest absolute Gasteiger partial charge is 0.202 e. The van der Waals surface area contributed by atoms with Crippen LogP contribution in [0.2, 0.25) is 0 Å². The second kappa shape index (κ2) is 3.46. The number of halogens is 1. The lowest BCUT2D eigenvalue weighted by Gasteiger charge is -2.19. The van der Waals surface area contributed by atoms with Gasteiger partial charge in [-0.3, -0.25) is 0 Å². The van der Waals surface area contributed by atoms with Gasteiger partial charge in [0.25, 0.3) is 0 Å². The van der Waals surface area contributed by atoms with Gasteiger partial charge in [-0.05, 0) is 24.3 Å². The van der Waals surface area contributed by atoms with Gasteiger partial charge >= 0.3 is 0 Å². The van der Waals surface area contributed by atoms with Crippen LogP contribution >= 0.6 is 15.9 Å². The molecule has 0 spiro atoms. The third-order valence-electron chi connectivity index (χ3n) is 1.18. The van der Waals surface area contributed by atoms with Crippen LogP contribution in [0.25, 0.3) is 0 Å². The summed E-state index contributed by atoms with van der Waals surface area (Å²) in [6.45, 7) is 3.18. The highest BCUT2D eigenvalue weighted by atomic mass is 79.9. The summed E-state index contributed by atoms with van der Waals surface area (Å²) in [5, 5.41) is 9.31. The van der Waals surface area contributed by atoms with Crippen LogP contribution in [0.1, 0.15) is 13.8 Å². The van der Waals surface area contributed by atoms with Gasteiger partial charge in [-0.25, -0.2) is 0 Å². The van der Waals surface area contributed by atoms with Crippen LogP contribution < -0.4 is 4.74 Å². The fourth-order valence-corrected chi connectivity index (χ4v) is 1.06. The molecule has 0 amide bonds. The number of hydrogen-bond donors (Lipinski definition) is 1. The average molecular weight is 231 g/mol. The molecule has 66 valence electrons. The van der Waals surface area contributed by atoms with Crippen LogP contribution in [0.3, 0.4) is 0 Å². The molecule has 2 nitrogen and oxygen atoms in total. The number of ether oxygens (including phenoxy) is 1. The van der Waals surface area contributed by atoms with Gasteiger partial charge in [-0.2, -0.15) is 0 Å². The molecule has 1 aromatic rings. The van der Waals surface area contributed by atoms with E-state index >= 15 is 0 Å². The van der Waals surface area contributed by atoms with Gasteiger partial charge in [0.15, 0.2) is 0 Å². The Bertz CT molecular complexity index is 248. The van der Waals surface area contributed by atoms with E-state index in [1.165, 1.54) is 0 Å². The van der Waals surface area contributed by atoms with Crippen molar-refractivity contribution >= 4 is 15.9 Å². The average Bonchev–Trinajstić information content (AvgIpc) is 1.91. The Morgan fingerprint density at radius 1 is 1.25 bits per heavy atom. The lowest BCUT2D eigenvalue weighted by molar-refractivity contribution is -0.104. The molecule has 0 bridgehead atoms. The van der Waals surface area contributed by atoms with E-state index < -0.39 is 5.79 Å². The molecular weight excluding hydrogens is 220 g/mol. The molecule has 1 rings (SSSR count). The van der Waals surface area contributed by atoms with E-state index in [1.54, 1.807) is 26.0 Å². The van der Waals surface area contributed by atoms with Crippen molar-refractivity contribution < 1.29 is 9.84 Å². The van der Waals surface area contributed by atoms with Crippen molar-refractivity contribution in [2.75, 3.05) is 0 Å². The summed E-state index contributed by atoms with van der Waals surface area (Å²) in [6.07, 6.45) is 0. The van der Waals surface area contributed by atoms with Gasteiger partial charge in [-0.15, -0.1) is 0 Å². The summed E-state index contributed by atoms with van der Waals surface area (Å²) in [4.78, 5) is 0. The molecule has 1 N–H and O–H groups in total. The zero-order valence-corrected chi connectivity index (χ0v) is 8.63. The predicted octanol–water partition coefficient (Wildman–Crippen LogP) is 2.56. The van der Waals surface area contributed by atoms with E-state index in [0.29, 0.717) is 5.75 Å². The van der Waals surface area contributed by atoms with Gasteiger partial charge in [-0.1, -0.05) is 15.9 Å². The Balaban J connectivity index is 2.71. The van der Waals surface area contributed by atoms with E-state index in [0.717, 1.165) is 4.47 Å². The lowest BCUT2D eigenvalue weighted by Crippen LogP contribution is -2.26. The minimum Gasteiger partial charge on any atom is -0.463 e. The molecule has 0 aliphatic carbocycles. The molecule has 0 aliphatic rings. The van der Waals surface area contributed by atoms with Crippen molar-refractivity contribution in [3.05, 3.63) is 28.7 Å². The van der Waals surface area contributed by atoms with Gasteiger partial charge in [0.2, 0.25) is 5.79 Å². The second-order valence-electron chi connectivity index (χ2n) is 3.00. The normalized spacial score (nSPS) is 11.3. The predicted molar refractivity (Wildman–Crippen MR) is 51.1 cm³/mol. The van der Waals surface area contributed by atoms with Crippen molar-refractivity contribution in [2.45, 2.75) is 19.6 Å². The summed E-state index contributed by atoms with van der Waals surface area (Å²) in [7, 11) is 0. The number of rotatable bonds is 2. The first-order chi connectivity index (χ1) is 5.47. The first kappa shape index (κ1) is 9.55. The van der Waals surface area contributed by atoms with Crippen molar-refractivity contribution in [3.63, 3.8) is 0 Å². The summed E-state index contributed by atoms with van der Waals surface area (Å²) in [5.41, 5.74) is 0. The fourth-order valence-electron chi connectivity index (χ4n) is 0.791. The van der Waals surface area contributed by atoms with E-state index in [-0.39, 0.29) is 0 Å². The second-order valence-corrected chi connectivity index (χ2v) is 3.92. The Labute approximate surface area is 80.3 Å². The molecule has 0 aliphatic heterocycles. The SMILES string of the molecule is CC(C)(O)Oc1ccc(Br)cc1. The lowest BCUT2D eigenvalue weighted by atomic mass is 10.3. The maximum absolute atomic E-state index is 9.31. The minimum atomic E-state index is -1.12. The zero-order chi connectivity index (χ0) is 9.19. The Morgan fingerprint density at radius 2 is 1.75 bits per heavy atom. The quantitative estimate of drug-likeness (QED) is 0.792. The third-order valence-corrected chi connectivity index (χ3v) is 1.71. The molecule has 0 unspecified atom stereocenters. The molecule has 3 heteroatoms. The zero-order valence-electron chi connectivity index (χ0n) is 7.04. The van der Waals surface area contributed by atoms with Crippen LogP contribution in [0, 0.1) is 0 Å². The van der Waals surface area contributed by atoms with Crippen LogP contribution in [0.5, 0.6) is 5.75 Å². The molecule has 1 aromatic carbocycles. The molecule has 0 fully saturated rings. The minimum absolute atomic E-state index is 0.658. The first-order valence-corrected chi connectivity index (χ1v) is 4.44. The maximum Gasteiger partial charge on any atom is 0.202 e. The summed E-state index contributed by atoms with van der Waals surface area (Å²) in [5.74, 6) is -0.459. The number of hydrogen-bond acceptors (Lipinski definition) is 2. The Hall–Kier alpha value is -0.540. The highest BCUT2D eigenvalue weighted by molar-refractivity contribution is 9.10. The maximum atomic E-state index is 9.31. The number of aliphatic hydroxyl groups is 1. The van der Waals surface area contributed by atoms with E-state index in [4.69, 9.17) is 4.74 Å².